The van der Waals surface area contributed by atoms with Gasteiger partial charge in [-0.1, -0.05) is 78.9 Å². The zero-order chi connectivity index (χ0) is 28.3. The summed E-state index contributed by atoms with van der Waals surface area (Å²) in [4.78, 5) is 2.34. The minimum atomic E-state index is 0.892. The number of nitrogens with zero attached hydrogens (tertiary/aromatic N) is 2. The van der Waals surface area contributed by atoms with Crippen molar-refractivity contribution in [3.05, 3.63) is 158 Å². The summed E-state index contributed by atoms with van der Waals surface area (Å²) < 4.78 is 8.69. The van der Waals surface area contributed by atoms with Gasteiger partial charge in [-0.3, -0.25) is 0 Å². The van der Waals surface area contributed by atoms with Crippen LogP contribution in [0.15, 0.2) is 162 Å². The Morgan fingerprint density at radius 1 is 0.395 bits per heavy atom. The summed E-state index contributed by atoms with van der Waals surface area (Å²) >= 11 is 0. The molecule has 0 N–H and O–H groups in total. The van der Waals surface area contributed by atoms with Crippen LogP contribution in [0.3, 0.4) is 0 Å². The van der Waals surface area contributed by atoms with Crippen LogP contribution >= 0.6 is 0 Å². The molecule has 0 aliphatic rings. The zero-order valence-electron chi connectivity index (χ0n) is 23.3. The first-order valence-corrected chi connectivity index (χ1v) is 14.6. The second-order valence-electron chi connectivity index (χ2n) is 11.0. The summed E-state index contributed by atoms with van der Waals surface area (Å²) in [6, 6.07) is 56.1. The van der Waals surface area contributed by atoms with Gasteiger partial charge >= 0.3 is 0 Å². The quantitative estimate of drug-likeness (QED) is 0.217. The summed E-state index contributed by atoms with van der Waals surface area (Å²) in [6.07, 6.45) is 0. The summed E-state index contributed by atoms with van der Waals surface area (Å²) in [5.41, 5.74) is 8.64. The van der Waals surface area contributed by atoms with E-state index in [9.17, 15) is 0 Å². The number of aromatic nitrogens is 1. The Morgan fingerprint density at radius 3 is 1.81 bits per heavy atom. The van der Waals surface area contributed by atoms with Crippen molar-refractivity contribution in [3.63, 3.8) is 0 Å². The van der Waals surface area contributed by atoms with Crippen LogP contribution in [0, 0.1) is 0 Å². The number of hydrogen-bond donors (Lipinski definition) is 0. The van der Waals surface area contributed by atoms with Crippen LogP contribution in [-0.4, -0.2) is 4.57 Å². The molecule has 43 heavy (non-hydrogen) atoms. The molecule has 0 fully saturated rings. The molecule has 0 amide bonds. The van der Waals surface area contributed by atoms with Gasteiger partial charge in [0.1, 0.15) is 11.2 Å². The Bertz CT molecular complexity index is 2450. The van der Waals surface area contributed by atoms with E-state index in [0.717, 1.165) is 44.7 Å². The number of anilines is 3. The minimum absolute atomic E-state index is 0.892. The highest BCUT2D eigenvalue weighted by molar-refractivity contribution is 6.12. The summed E-state index contributed by atoms with van der Waals surface area (Å²) in [5, 5.41) is 7.09. The van der Waals surface area contributed by atoms with E-state index in [2.05, 4.69) is 167 Å². The summed E-state index contributed by atoms with van der Waals surface area (Å²) in [5.74, 6) is 0. The van der Waals surface area contributed by atoms with Crippen LogP contribution in [0.5, 0.6) is 0 Å². The van der Waals surface area contributed by atoms with Gasteiger partial charge in [-0.25, -0.2) is 0 Å². The Hall–Kier alpha value is -5.80. The number of benzene rings is 7. The second kappa shape index (κ2) is 9.37. The Labute approximate surface area is 248 Å². The van der Waals surface area contributed by atoms with Crippen LogP contribution in [0.4, 0.5) is 17.1 Å². The molecule has 7 aromatic carbocycles. The van der Waals surface area contributed by atoms with E-state index in [-0.39, 0.29) is 0 Å². The van der Waals surface area contributed by atoms with Crippen molar-refractivity contribution in [1.29, 1.82) is 0 Å². The number of fused-ring (bicyclic) bond motifs is 7. The van der Waals surface area contributed by atoms with Crippen LogP contribution < -0.4 is 4.90 Å². The van der Waals surface area contributed by atoms with Gasteiger partial charge in [-0.15, -0.1) is 0 Å². The first-order valence-electron chi connectivity index (χ1n) is 14.6. The van der Waals surface area contributed by atoms with E-state index in [0.29, 0.717) is 0 Å². The smallest absolute Gasteiger partial charge is 0.136 e. The third-order valence-electron chi connectivity index (χ3n) is 8.52. The zero-order valence-corrected chi connectivity index (χ0v) is 23.3. The maximum Gasteiger partial charge on any atom is 0.136 e. The standard InChI is InChI=1S/C40H26N2O/c1-3-13-29(14-4-1)41(32-20-22-39-36(26-32)35-23-27-11-7-8-12-28(27)24-40(35)43-39)31-19-21-38-34(25-31)33-17-9-10-18-37(33)42(38)30-15-5-2-6-16-30/h1-26H. The molecule has 9 aromatic rings. The summed E-state index contributed by atoms with van der Waals surface area (Å²) in [7, 11) is 0. The molecule has 0 saturated heterocycles. The highest BCUT2D eigenvalue weighted by atomic mass is 16.3. The van der Waals surface area contributed by atoms with Crippen LogP contribution in [0.1, 0.15) is 0 Å². The SMILES string of the molecule is c1ccc(N(c2ccc3oc4cc5ccccc5cc4c3c2)c2ccc3c(c2)c2ccccc2n3-c2ccccc2)cc1. The van der Waals surface area contributed by atoms with Crippen molar-refractivity contribution in [3.8, 4) is 5.69 Å². The Balaban J connectivity index is 1.28. The molecule has 2 aromatic heterocycles. The van der Waals surface area contributed by atoms with Crippen molar-refractivity contribution in [2.45, 2.75) is 0 Å². The van der Waals surface area contributed by atoms with Gasteiger partial charge in [0.05, 0.1) is 11.0 Å². The molecule has 0 bridgehead atoms. The first kappa shape index (κ1) is 23.9. The van der Waals surface area contributed by atoms with Crippen LogP contribution in [0.25, 0.3) is 60.2 Å². The monoisotopic (exact) mass is 550 g/mol. The van der Waals surface area contributed by atoms with E-state index < -0.39 is 0 Å². The van der Waals surface area contributed by atoms with Crippen molar-refractivity contribution in [2.24, 2.45) is 0 Å². The van der Waals surface area contributed by atoms with Crippen molar-refractivity contribution in [1.82, 2.24) is 4.57 Å². The fraction of sp³-hybridized carbons (Fsp3) is 0. The Morgan fingerprint density at radius 2 is 1.00 bits per heavy atom. The molecule has 202 valence electrons. The van der Waals surface area contributed by atoms with Gasteiger partial charge < -0.3 is 13.9 Å². The minimum Gasteiger partial charge on any atom is -0.456 e. The topological polar surface area (TPSA) is 21.3 Å². The number of rotatable bonds is 4. The molecule has 2 heterocycles. The lowest BCUT2D eigenvalue weighted by Crippen LogP contribution is -2.09. The Kier molecular flexibility index (Phi) is 5.20. The average Bonchev–Trinajstić information content (AvgIpc) is 3.59. The average molecular weight is 551 g/mol. The third-order valence-corrected chi connectivity index (χ3v) is 8.52. The first-order chi connectivity index (χ1) is 21.3. The molecule has 0 aliphatic carbocycles. The van der Waals surface area contributed by atoms with Crippen molar-refractivity contribution < 1.29 is 4.42 Å². The maximum atomic E-state index is 6.34. The van der Waals surface area contributed by atoms with Gasteiger partial charge in [0.25, 0.3) is 0 Å². The maximum absolute atomic E-state index is 6.34. The lowest BCUT2D eigenvalue weighted by Gasteiger charge is -2.25. The molecule has 0 aliphatic heterocycles. The molecule has 3 nitrogen and oxygen atoms in total. The fourth-order valence-electron chi connectivity index (χ4n) is 6.57. The van der Waals surface area contributed by atoms with Crippen LogP contribution in [0.2, 0.25) is 0 Å². The predicted molar refractivity (Wildman–Crippen MR) is 180 cm³/mol. The van der Waals surface area contributed by atoms with E-state index >= 15 is 0 Å². The molecule has 0 radical (unpaired) electrons. The van der Waals surface area contributed by atoms with E-state index in [1.807, 2.05) is 0 Å². The molecule has 0 atom stereocenters. The van der Waals surface area contributed by atoms with Crippen molar-refractivity contribution in [2.75, 3.05) is 4.90 Å². The number of furan rings is 1. The number of hydrogen-bond acceptors (Lipinski definition) is 2. The van der Waals surface area contributed by atoms with Gasteiger partial charge in [-0.2, -0.15) is 0 Å². The molecule has 9 rings (SSSR count). The van der Waals surface area contributed by atoms with Crippen molar-refractivity contribution >= 4 is 71.6 Å². The third kappa shape index (κ3) is 3.75. The predicted octanol–water partition coefficient (Wildman–Crippen LogP) is 11.3. The highest BCUT2D eigenvalue weighted by Crippen LogP contribution is 2.42. The molecule has 0 saturated carbocycles. The second-order valence-corrected chi connectivity index (χ2v) is 11.0. The van der Waals surface area contributed by atoms with Gasteiger partial charge in [0.15, 0.2) is 0 Å². The lowest BCUT2D eigenvalue weighted by molar-refractivity contribution is 0.669. The van der Waals surface area contributed by atoms with Crippen LogP contribution in [-0.2, 0) is 0 Å². The lowest BCUT2D eigenvalue weighted by atomic mass is 10.1. The molecule has 0 spiro atoms. The van der Waals surface area contributed by atoms with Gasteiger partial charge in [-0.05, 0) is 89.6 Å². The van der Waals surface area contributed by atoms with Gasteiger partial charge in [0.2, 0.25) is 0 Å². The fourth-order valence-corrected chi connectivity index (χ4v) is 6.57. The summed E-state index contributed by atoms with van der Waals surface area (Å²) in [6.45, 7) is 0. The molecular formula is C40H26N2O. The van der Waals surface area contributed by atoms with E-state index in [4.69, 9.17) is 4.42 Å². The van der Waals surface area contributed by atoms with Gasteiger partial charge in [0, 0.05) is 44.3 Å². The van der Waals surface area contributed by atoms with E-state index in [1.54, 1.807) is 0 Å². The molecule has 0 unspecified atom stereocenters. The normalized spacial score (nSPS) is 11.7. The largest absolute Gasteiger partial charge is 0.456 e. The molecular weight excluding hydrogens is 524 g/mol. The number of para-hydroxylation sites is 3. The van der Waals surface area contributed by atoms with E-state index in [1.165, 1.54) is 32.6 Å². The highest BCUT2D eigenvalue weighted by Gasteiger charge is 2.18. The molecule has 3 heteroatoms.